The molecule has 2 aromatic carbocycles. The molecule has 280 valence electrons. The van der Waals surface area contributed by atoms with Crippen molar-refractivity contribution in [1.82, 2.24) is 16.0 Å². The van der Waals surface area contributed by atoms with Crippen LogP contribution in [0.15, 0.2) is 54.6 Å². The minimum atomic E-state index is -1.51. The summed E-state index contributed by atoms with van der Waals surface area (Å²) >= 11 is 6.32. The third kappa shape index (κ3) is 12.9. The van der Waals surface area contributed by atoms with E-state index in [9.17, 15) is 24.3 Å². The summed E-state index contributed by atoms with van der Waals surface area (Å²) in [5, 5.41) is 18.9. The van der Waals surface area contributed by atoms with E-state index in [2.05, 4.69) is 16.0 Å². The number of amides is 3. The Labute approximate surface area is 305 Å². The summed E-state index contributed by atoms with van der Waals surface area (Å²) in [6, 6.07) is 10.4. The molecule has 0 fully saturated rings. The lowest BCUT2D eigenvalue weighted by Gasteiger charge is -2.33. The van der Waals surface area contributed by atoms with E-state index < -0.39 is 53.9 Å². The van der Waals surface area contributed by atoms with Crippen molar-refractivity contribution in [2.24, 2.45) is 16.7 Å². The fraction of sp³-hybridized carbons (Fsp3) is 0.526. The minimum absolute atomic E-state index is 0.0770. The molecule has 0 aliphatic carbocycles. The van der Waals surface area contributed by atoms with Crippen molar-refractivity contribution in [3.8, 4) is 11.5 Å². The van der Waals surface area contributed by atoms with Crippen molar-refractivity contribution < 1.29 is 43.2 Å². The van der Waals surface area contributed by atoms with Crippen molar-refractivity contribution in [3.63, 3.8) is 0 Å². The molecule has 13 heteroatoms. The molecule has 12 nitrogen and oxygen atoms in total. The molecule has 3 amide bonds. The van der Waals surface area contributed by atoms with Gasteiger partial charge in [-0.25, -0.2) is 4.79 Å². The molecule has 0 saturated heterocycles. The Morgan fingerprint density at radius 2 is 1.69 bits per heavy atom. The Morgan fingerprint density at radius 3 is 2.29 bits per heavy atom. The van der Waals surface area contributed by atoms with E-state index in [-0.39, 0.29) is 43.7 Å². The molecule has 0 saturated carbocycles. The second kappa shape index (κ2) is 18.9. The first-order valence-corrected chi connectivity index (χ1v) is 17.4. The molecule has 1 aliphatic rings. The molecular formula is C38H52ClN3O9. The van der Waals surface area contributed by atoms with Crippen molar-refractivity contribution in [2.75, 3.05) is 34.0 Å². The smallest absolute Gasteiger partial charge is 0.328 e. The number of nitrogens with one attached hydrogen (secondary N) is 3. The quantitative estimate of drug-likeness (QED) is 0.249. The molecule has 3 rings (SSSR count). The Balaban J connectivity index is 1.91. The van der Waals surface area contributed by atoms with Crippen LogP contribution in [-0.2, 0) is 41.7 Å². The van der Waals surface area contributed by atoms with Crippen LogP contribution in [0.25, 0.3) is 0 Å². The summed E-state index contributed by atoms with van der Waals surface area (Å²) in [5.41, 5.74) is -0.310. The van der Waals surface area contributed by atoms with Crippen molar-refractivity contribution in [2.45, 2.75) is 78.7 Å². The zero-order valence-corrected chi connectivity index (χ0v) is 31.3. The highest BCUT2D eigenvalue weighted by molar-refractivity contribution is 6.32. The van der Waals surface area contributed by atoms with E-state index in [0.29, 0.717) is 22.9 Å². The summed E-state index contributed by atoms with van der Waals surface area (Å²) in [7, 11) is 3.09. The normalized spacial score (nSPS) is 23.7. The van der Waals surface area contributed by atoms with Gasteiger partial charge in [0.2, 0.25) is 17.7 Å². The number of aliphatic hydroxyl groups excluding tert-OH is 1. The van der Waals surface area contributed by atoms with Crippen LogP contribution in [0.5, 0.6) is 11.5 Å². The zero-order chi connectivity index (χ0) is 37.8. The van der Waals surface area contributed by atoms with Crippen molar-refractivity contribution in [3.05, 3.63) is 70.8 Å². The predicted molar refractivity (Wildman–Crippen MR) is 193 cm³/mol. The first kappa shape index (κ1) is 41.3. The number of carbonyl (C=O) groups excluding carboxylic acids is 4. The van der Waals surface area contributed by atoms with E-state index >= 15 is 0 Å². The van der Waals surface area contributed by atoms with Gasteiger partial charge in [-0.2, -0.15) is 0 Å². The summed E-state index contributed by atoms with van der Waals surface area (Å²) < 4.78 is 22.5. The van der Waals surface area contributed by atoms with Gasteiger partial charge in [0.15, 0.2) is 0 Å². The zero-order valence-electron chi connectivity index (χ0n) is 30.5. The van der Waals surface area contributed by atoms with Gasteiger partial charge in [0.1, 0.15) is 29.7 Å². The Kier molecular flexibility index (Phi) is 15.3. The second-order valence-corrected chi connectivity index (χ2v) is 14.8. The molecule has 51 heavy (non-hydrogen) atoms. The third-order valence-corrected chi connectivity index (χ3v) is 8.89. The standard InChI is InChI=1S/C38H52ClN3O9/c1-24(20-50-21-25-11-14-27(48-6)15-12-25)31-9-8-10-33(44)41-29(18-26-13-16-32(49-7)28(39)17-26)34(45)40-22-38(5,23-43)36(47)42-30(35(46)51-31)19-37(2,3)4/h8,10-17,24,29-31,43H,9,18-23H2,1-7H3,(H,40,45)(H,41,44)(H,42,47)/b10-8+/t24?,29-,30+,31+,38?/m1/s1. The third-order valence-electron chi connectivity index (χ3n) is 8.59. The average Bonchev–Trinajstić information content (AvgIpc) is 3.08. The number of hydrogen-bond donors (Lipinski definition) is 4. The first-order valence-electron chi connectivity index (χ1n) is 17.0. The molecule has 1 aliphatic heterocycles. The lowest BCUT2D eigenvalue weighted by Crippen LogP contribution is -2.56. The highest BCUT2D eigenvalue weighted by Gasteiger charge is 2.39. The fourth-order valence-electron chi connectivity index (χ4n) is 5.38. The van der Waals surface area contributed by atoms with Gasteiger partial charge >= 0.3 is 5.97 Å². The van der Waals surface area contributed by atoms with Crippen LogP contribution in [0.1, 0.15) is 58.6 Å². The summed E-state index contributed by atoms with van der Waals surface area (Å²) in [6.07, 6.45) is 2.62. The minimum Gasteiger partial charge on any atom is -0.497 e. The van der Waals surface area contributed by atoms with Crippen LogP contribution in [0, 0.1) is 16.7 Å². The molecule has 5 atom stereocenters. The molecule has 2 aromatic rings. The predicted octanol–water partition coefficient (Wildman–Crippen LogP) is 4.14. The number of ether oxygens (including phenoxy) is 4. The van der Waals surface area contributed by atoms with E-state index in [4.69, 9.17) is 30.5 Å². The van der Waals surface area contributed by atoms with Crippen LogP contribution in [0.2, 0.25) is 5.02 Å². The number of carbonyl (C=O) groups is 4. The maximum absolute atomic E-state index is 13.8. The van der Waals surface area contributed by atoms with Crippen LogP contribution in [0.4, 0.5) is 0 Å². The molecule has 2 unspecified atom stereocenters. The van der Waals surface area contributed by atoms with E-state index in [1.165, 1.54) is 20.1 Å². The summed E-state index contributed by atoms with van der Waals surface area (Å²) in [5.74, 6) is -1.55. The number of hydrogen-bond acceptors (Lipinski definition) is 9. The van der Waals surface area contributed by atoms with Gasteiger partial charge in [-0.15, -0.1) is 0 Å². The van der Waals surface area contributed by atoms with Gasteiger partial charge in [0.05, 0.1) is 44.5 Å². The molecule has 4 N–H and O–H groups in total. The molecule has 0 aromatic heterocycles. The maximum atomic E-state index is 13.8. The number of aliphatic hydroxyl groups is 1. The Morgan fingerprint density at radius 1 is 1.00 bits per heavy atom. The number of methoxy groups -OCH3 is 2. The number of halogens is 1. The average molecular weight is 730 g/mol. The maximum Gasteiger partial charge on any atom is 0.328 e. The van der Waals surface area contributed by atoms with Crippen LogP contribution < -0.4 is 25.4 Å². The number of cyclic esters (lactones) is 1. The molecule has 0 spiro atoms. The highest BCUT2D eigenvalue weighted by Crippen LogP contribution is 2.27. The summed E-state index contributed by atoms with van der Waals surface area (Å²) in [4.78, 5) is 54.2. The number of rotatable bonds is 11. The largest absolute Gasteiger partial charge is 0.497 e. The molecule has 0 bridgehead atoms. The van der Waals surface area contributed by atoms with Gasteiger partial charge in [0.25, 0.3) is 0 Å². The molecule has 1 heterocycles. The van der Waals surface area contributed by atoms with Crippen molar-refractivity contribution >= 4 is 35.3 Å². The molecule has 0 radical (unpaired) electrons. The summed E-state index contributed by atoms with van der Waals surface area (Å²) in [6.45, 7) is 8.80. The van der Waals surface area contributed by atoms with E-state index in [1.54, 1.807) is 31.4 Å². The first-order chi connectivity index (χ1) is 24.1. The van der Waals surface area contributed by atoms with E-state index in [1.807, 2.05) is 52.0 Å². The second-order valence-electron chi connectivity index (χ2n) is 14.4. The lowest BCUT2D eigenvalue weighted by molar-refractivity contribution is -0.158. The van der Waals surface area contributed by atoms with Crippen LogP contribution in [0.3, 0.4) is 0 Å². The van der Waals surface area contributed by atoms with Crippen molar-refractivity contribution in [1.29, 1.82) is 0 Å². The number of benzene rings is 2. The number of esters is 1. The van der Waals surface area contributed by atoms with Gasteiger partial charge in [-0.1, -0.05) is 63.6 Å². The SMILES string of the molecule is COc1ccc(COCC(C)[C@@H]2C/C=C/C(=O)N[C@H](Cc3ccc(OC)c(Cl)c3)C(=O)NCC(C)(CO)C(=O)N[C@@H](CC(C)(C)C)C(=O)O2)cc1. The molecular weight excluding hydrogens is 678 g/mol. The monoisotopic (exact) mass is 729 g/mol. The lowest BCUT2D eigenvalue weighted by atomic mass is 9.86. The van der Waals surface area contributed by atoms with Crippen LogP contribution in [-0.4, -0.2) is 81.0 Å². The fourth-order valence-corrected chi connectivity index (χ4v) is 5.66. The van der Waals surface area contributed by atoms with Crippen LogP contribution >= 0.6 is 11.6 Å². The Hall–Kier alpha value is -4.13. The van der Waals surface area contributed by atoms with Gasteiger partial charge in [-0.3, -0.25) is 14.4 Å². The Bertz CT molecular complexity index is 1530. The van der Waals surface area contributed by atoms with Gasteiger partial charge < -0.3 is 40.0 Å². The topological polar surface area (TPSA) is 162 Å². The van der Waals surface area contributed by atoms with Gasteiger partial charge in [0, 0.05) is 25.3 Å². The highest BCUT2D eigenvalue weighted by atomic mass is 35.5. The van der Waals surface area contributed by atoms with Gasteiger partial charge in [-0.05, 0) is 60.2 Å². The van der Waals surface area contributed by atoms with E-state index in [0.717, 1.165) is 11.3 Å².